The lowest BCUT2D eigenvalue weighted by Gasteiger charge is -2.19. The van der Waals surface area contributed by atoms with Crippen LogP contribution in [0.5, 0.6) is 0 Å². The maximum atomic E-state index is 2.50. The van der Waals surface area contributed by atoms with E-state index in [-0.39, 0.29) is 21.7 Å². The van der Waals surface area contributed by atoms with E-state index in [0.717, 1.165) is 67.3 Å². The van der Waals surface area contributed by atoms with E-state index in [1.807, 2.05) is 0 Å². The van der Waals surface area contributed by atoms with Crippen molar-refractivity contribution in [3.8, 4) is 45.3 Å². The summed E-state index contributed by atoms with van der Waals surface area (Å²) < 4.78 is 14.9. The summed E-state index contributed by atoms with van der Waals surface area (Å²) in [5.41, 5.74) is 28.5. The van der Waals surface area contributed by atoms with Gasteiger partial charge in [0.25, 0.3) is 0 Å². The quantitative estimate of drug-likeness (QED) is 0.152. The molecule has 0 N–H and O–H groups in total. The van der Waals surface area contributed by atoms with Gasteiger partial charge in [-0.05, 0) is 225 Å². The zero-order valence-corrected chi connectivity index (χ0v) is 62.4. The Morgan fingerprint density at radius 3 is 0.566 bits per heavy atom. The molecule has 514 valence electrons. The lowest BCUT2D eigenvalue weighted by atomic mass is 9.86. The smallest absolute Gasteiger partial charge is 0.0542 e. The number of nitrogens with zero attached hydrogens (tertiary/aromatic N) is 6. The fourth-order valence-corrected chi connectivity index (χ4v) is 17.6. The van der Waals surface area contributed by atoms with Gasteiger partial charge in [0.15, 0.2) is 0 Å². The van der Waals surface area contributed by atoms with Crippen LogP contribution in [0.25, 0.3) is 176 Å². The summed E-state index contributed by atoms with van der Waals surface area (Å²) in [5.74, 6) is 0. The SMILES string of the molecule is CC(C)(C)c1ccc2c(c1)c1ccccc1n2-c1ccc2c(c1)c1cc(-n3c4ccccc4c4cc(C(C)(C)C)ccc43)ccc1n2-c1cccc(-c2cccc(-n3c4ccc(-n5c6ccccc6c6cc(C(C)(C)C)ccc65)cc4c4cc(-n5c6ccccc6c6cc(C(C)(C)C)ccc65)ccc43)c2)c1. The molecule has 0 unspecified atom stereocenters. The van der Waals surface area contributed by atoms with Crippen molar-refractivity contribution in [3.05, 3.63) is 313 Å². The van der Waals surface area contributed by atoms with Crippen LogP contribution >= 0.6 is 0 Å². The minimum absolute atomic E-state index is 0.00602. The first-order chi connectivity index (χ1) is 51.1. The number of para-hydroxylation sites is 4. The molecule has 106 heavy (non-hydrogen) atoms. The molecule has 0 bridgehead atoms. The van der Waals surface area contributed by atoms with E-state index >= 15 is 0 Å². The van der Waals surface area contributed by atoms with Gasteiger partial charge in [0.2, 0.25) is 0 Å². The lowest BCUT2D eigenvalue weighted by Crippen LogP contribution is -2.10. The van der Waals surface area contributed by atoms with E-state index in [1.165, 1.54) is 131 Å². The summed E-state index contributed by atoms with van der Waals surface area (Å²) >= 11 is 0. The topological polar surface area (TPSA) is 29.6 Å². The van der Waals surface area contributed by atoms with Gasteiger partial charge in [-0.25, -0.2) is 0 Å². The maximum absolute atomic E-state index is 2.50. The average Bonchev–Trinajstić information content (AvgIpc) is 1.57. The number of rotatable bonds is 7. The summed E-state index contributed by atoms with van der Waals surface area (Å²) in [5, 5.41) is 14.9. The molecule has 0 saturated carbocycles. The predicted octanol–water partition coefficient (Wildman–Crippen LogP) is 27.1. The van der Waals surface area contributed by atoms with E-state index in [0.29, 0.717) is 0 Å². The third kappa shape index (κ3) is 9.69. The Hall–Kier alpha value is -12.1. The normalized spacial score (nSPS) is 12.9. The van der Waals surface area contributed by atoms with Gasteiger partial charge >= 0.3 is 0 Å². The number of aromatic nitrogens is 6. The lowest BCUT2D eigenvalue weighted by molar-refractivity contribution is 0.591. The number of hydrogen-bond acceptors (Lipinski definition) is 0. The predicted molar refractivity (Wildman–Crippen MR) is 453 cm³/mol. The highest BCUT2D eigenvalue weighted by Gasteiger charge is 2.27. The summed E-state index contributed by atoms with van der Waals surface area (Å²) in [4.78, 5) is 0. The molecule has 20 rings (SSSR count). The fraction of sp³-hybridized carbons (Fsp3) is 0.160. The van der Waals surface area contributed by atoms with E-state index in [2.05, 4.69) is 402 Å². The first kappa shape index (κ1) is 63.6. The van der Waals surface area contributed by atoms with E-state index in [1.54, 1.807) is 0 Å². The number of hydrogen-bond donors (Lipinski definition) is 0. The zero-order chi connectivity index (χ0) is 72.2. The van der Waals surface area contributed by atoms with Gasteiger partial charge < -0.3 is 27.4 Å². The molecular formula is C100H84N6. The first-order valence-electron chi connectivity index (χ1n) is 37.6. The van der Waals surface area contributed by atoms with Crippen molar-refractivity contribution < 1.29 is 0 Å². The highest BCUT2D eigenvalue weighted by Crippen LogP contribution is 2.46. The molecule has 0 amide bonds. The highest BCUT2D eigenvalue weighted by atomic mass is 15.0. The molecule has 0 spiro atoms. The maximum Gasteiger partial charge on any atom is 0.0542 e. The van der Waals surface area contributed by atoms with Crippen LogP contribution in [0.3, 0.4) is 0 Å². The van der Waals surface area contributed by atoms with Crippen LogP contribution in [-0.4, -0.2) is 27.4 Å². The van der Waals surface area contributed by atoms with Crippen LogP contribution in [0.2, 0.25) is 0 Å². The van der Waals surface area contributed by atoms with Gasteiger partial charge in [-0.2, -0.15) is 0 Å². The Morgan fingerprint density at radius 1 is 0.151 bits per heavy atom. The van der Waals surface area contributed by atoms with E-state index in [9.17, 15) is 0 Å². The van der Waals surface area contributed by atoms with Gasteiger partial charge in [0.1, 0.15) is 0 Å². The highest BCUT2D eigenvalue weighted by molar-refractivity contribution is 6.17. The summed E-state index contributed by atoms with van der Waals surface area (Å²) in [6, 6.07) is 111. The van der Waals surface area contributed by atoms with Crippen molar-refractivity contribution in [2.45, 2.75) is 105 Å². The summed E-state index contributed by atoms with van der Waals surface area (Å²) in [7, 11) is 0. The third-order valence-electron chi connectivity index (χ3n) is 23.2. The summed E-state index contributed by atoms with van der Waals surface area (Å²) in [6.45, 7) is 27.7. The van der Waals surface area contributed by atoms with Gasteiger partial charge in [-0.1, -0.05) is 204 Å². The Balaban J connectivity index is 0.771. The minimum atomic E-state index is 0.00602. The Labute approximate surface area is 617 Å². The molecule has 0 aliphatic heterocycles. The molecule has 6 heteroatoms. The largest absolute Gasteiger partial charge is 0.309 e. The Kier molecular flexibility index (Phi) is 13.6. The van der Waals surface area contributed by atoms with Gasteiger partial charge in [-0.15, -0.1) is 0 Å². The molecular weight excluding hydrogens is 1290 g/mol. The number of fused-ring (bicyclic) bond motifs is 18. The van der Waals surface area contributed by atoms with E-state index in [4.69, 9.17) is 0 Å². The molecule has 0 aliphatic rings. The van der Waals surface area contributed by atoms with Gasteiger partial charge in [-0.3, -0.25) is 0 Å². The number of benzene rings is 14. The summed E-state index contributed by atoms with van der Waals surface area (Å²) in [6.07, 6.45) is 0. The Bertz CT molecular complexity index is 6310. The van der Waals surface area contributed by atoms with Crippen molar-refractivity contribution in [3.63, 3.8) is 0 Å². The first-order valence-corrected chi connectivity index (χ1v) is 37.6. The van der Waals surface area contributed by atoms with Crippen LogP contribution in [0, 0.1) is 0 Å². The van der Waals surface area contributed by atoms with Gasteiger partial charge in [0.05, 0.1) is 66.2 Å². The fourth-order valence-electron chi connectivity index (χ4n) is 17.6. The molecule has 0 radical (unpaired) electrons. The molecule has 6 nitrogen and oxygen atoms in total. The third-order valence-corrected chi connectivity index (χ3v) is 23.2. The van der Waals surface area contributed by atoms with Crippen molar-refractivity contribution in [1.82, 2.24) is 27.4 Å². The second-order valence-corrected chi connectivity index (χ2v) is 33.9. The van der Waals surface area contributed by atoms with Crippen molar-refractivity contribution in [2.24, 2.45) is 0 Å². The monoisotopic (exact) mass is 1370 g/mol. The zero-order valence-electron chi connectivity index (χ0n) is 62.4. The minimum Gasteiger partial charge on any atom is -0.309 e. The second-order valence-electron chi connectivity index (χ2n) is 33.9. The molecule has 0 aliphatic carbocycles. The van der Waals surface area contributed by atoms with Crippen LogP contribution in [0.15, 0.2) is 291 Å². The van der Waals surface area contributed by atoms with Crippen molar-refractivity contribution in [2.75, 3.05) is 0 Å². The van der Waals surface area contributed by atoms with Crippen molar-refractivity contribution >= 4 is 131 Å². The van der Waals surface area contributed by atoms with Crippen LogP contribution in [0.4, 0.5) is 0 Å². The molecule has 0 atom stereocenters. The van der Waals surface area contributed by atoms with Crippen LogP contribution < -0.4 is 0 Å². The molecule has 20 aromatic rings. The molecule has 0 saturated heterocycles. The van der Waals surface area contributed by atoms with Crippen LogP contribution in [0.1, 0.15) is 105 Å². The molecule has 6 heterocycles. The van der Waals surface area contributed by atoms with Gasteiger partial charge in [0, 0.05) is 98.8 Å². The average molecular weight is 1370 g/mol. The molecule has 14 aromatic carbocycles. The van der Waals surface area contributed by atoms with Crippen LogP contribution in [-0.2, 0) is 21.7 Å². The van der Waals surface area contributed by atoms with E-state index < -0.39 is 0 Å². The standard InChI is InChI=1S/C100H84N6/c1-97(2,3)63-35-43-89-77(53-63)73-27-13-17-31-85(73)103(89)69-39-47-93-81(57-69)82-58-70(104-86-32-18-14-28-74(86)78-54-64(98(4,5)6)36-44-90(78)104)40-48-94(82)101(93)67-25-21-23-61(51-67)62-24-22-26-68(52-62)102-95-49-41-71(105-87-33-19-15-29-75(87)79-55-65(99(7,8)9)37-45-91(79)105)59-83(95)84-60-72(42-50-96(84)102)106-88-34-20-16-30-76(88)80-56-66(100(10,11)12)38-46-92(80)106/h13-60H,1-12H3. The molecule has 0 fully saturated rings. The molecule has 6 aromatic heterocycles. The Morgan fingerprint density at radius 2 is 0.340 bits per heavy atom. The van der Waals surface area contributed by atoms with Crippen molar-refractivity contribution in [1.29, 1.82) is 0 Å². The second kappa shape index (κ2) is 22.7.